The second kappa shape index (κ2) is 5.38. The van der Waals surface area contributed by atoms with Gasteiger partial charge in [0.25, 0.3) is 0 Å². The highest BCUT2D eigenvalue weighted by Gasteiger charge is 2.20. The molecule has 1 fully saturated rings. The molecule has 1 aliphatic heterocycles. The summed E-state index contributed by atoms with van der Waals surface area (Å²) in [4.78, 5) is 10.9. The Morgan fingerprint density at radius 3 is 2.73 bits per heavy atom. The lowest BCUT2D eigenvalue weighted by Gasteiger charge is -2.20. The Labute approximate surface area is 72.9 Å². The lowest BCUT2D eigenvalue weighted by atomic mass is 10.1. The zero-order valence-electron chi connectivity index (χ0n) is 6.60. The van der Waals surface area contributed by atoms with Gasteiger partial charge in [-0.05, 0) is 19.4 Å². The molecule has 1 unspecified atom stereocenters. The molecule has 0 aromatic rings. The minimum absolute atomic E-state index is 0. The molecule has 4 heteroatoms. The lowest BCUT2D eigenvalue weighted by Crippen LogP contribution is -3.00. The molecule has 3 nitrogen and oxygen atoms in total. The molecule has 11 heavy (non-hydrogen) atoms. The molecule has 1 N–H and O–H groups in total. The monoisotopic (exact) mass is 178 g/mol. The SMILES string of the molecule is COC(=O)C1CCCCN1.[Cl-]. The van der Waals surface area contributed by atoms with E-state index in [1.54, 1.807) is 0 Å². The van der Waals surface area contributed by atoms with E-state index in [4.69, 9.17) is 0 Å². The second-order valence-corrected chi connectivity index (χ2v) is 2.53. The highest BCUT2D eigenvalue weighted by molar-refractivity contribution is 5.75. The number of ether oxygens (including phenoxy) is 1. The van der Waals surface area contributed by atoms with Crippen LogP contribution in [0.1, 0.15) is 19.3 Å². The number of methoxy groups -OCH3 is 1. The number of hydrogen-bond donors (Lipinski definition) is 1. The topological polar surface area (TPSA) is 38.3 Å². The van der Waals surface area contributed by atoms with Crippen LogP contribution in [-0.4, -0.2) is 25.7 Å². The quantitative estimate of drug-likeness (QED) is 0.445. The Kier molecular flexibility index (Phi) is 5.24. The van der Waals surface area contributed by atoms with Crippen molar-refractivity contribution < 1.29 is 21.9 Å². The van der Waals surface area contributed by atoms with E-state index in [-0.39, 0.29) is 24.4 Å². The van der Waals surface area contributed by atoms with Gasteiger partial charge in [-0.25, -0.2) is 0 Å². The fourth-order valence-corrected chi connectivity index (χ4v) is 1.20. The first kappa shape index (κ1) is 10.7. The van der Waals surface area contributed by atoms with Crippen LogP contribution in [0.15, 0.2) is 0 Å². The molecule has 0 bridgehead atoms. The van der Waals surface area contributed by atoms with Crippen molar-refractivity contribution in [3.8, 4) is 0 Å². The molecule has 0 amide bonds. The standard InChI is InChI=1S/C7H13NO2.ClH/c1-10-7(9)6-4-2-3-5-8-6;/h6,8H,2-5H2,1H3;1H/p-1. The number of nitrogens with one attached hydrogen (secondary N) is 1. The van der Waals surface area contributed by atoms with Gasteiger partial charge >= 0.3 is 5.97 Å². The molecular formula is C7H13ClNO2-. The maximum Gasteiger partial charge on any atom is 0.322 e. The molecule has 0 spiro atoms. The highest BCUT2D eigenvalue weighted by atomic mass is 35.5. The van der Waals surface area contributed by atoms with Crippen molar-refractivity contribution in [2.45, 2.75) is 25.3 Å². The fourth-order valence-electron chi connectivity index (χ4n) is 1.20. The molecular weight excluding hydrogens is 166 g/mol. The molecule has 0 aromatic heterocycles. The first-order valence-corrected chi connectivity index (χ1v) is 3.66. The van der Waals surface area contributed by atoms with E-state index in [1.165, 1.54) is 13.5 Å². The second-order valence-electron chi connectivity index (χ2n) is 2.53. The van der Waals surface area contributed by atoms with Gasteiger partial charge in [0.15, 0.2) is 0 Å². The van der Waals surface area contributed by atoms with E-state index in [1.807, 2.05) is 0 Å². The number of rotatable bonds is 1. The average Bonchev–Trinajstić information content (AvgIpc) is 2.05. The van der Waals surface area contributed by atoms with Crippen molar-refractivity contribution >= 4 is 5.97 Å². The summed E-state index contributed by atoms with van der Waals surface area (Å²) in [6, 6.07) is -0.0428. The molecule has 1 aliphatic rings. The largest absolute Gasteiger partial charge is 1.00 e. The van der Waals surface area contributed by atoms with E-state index in [0.29, 0.717) is 0 Å². The van der Waals surface area contributed by atoms with Crippen LogP contribution in [0.4, 0.5) is 0 Å². The zero-order valence-corrected chi connectivity index (χ0v) is 7.36. The Morgan fingerprint density at radius 2 is 2.27 bits per heavy atom. The normalized spacial score (nSPS) is 23.5. The van der Waals surface area contributed by atoms with Crippen LogP contribution in [-0.2, 0) is 9.53 Å². The first-order chi connectivity index (χ1) is 4.84. The third-order valence-corrected chi connectivity index (χ3v) is 1.80. The number of carbonyl (C=O) groups is 1. The van der Waals surface area contributed by atoms with Crippen LogP contribution in [0.2, 0.25) is 0 Å². The van der Waals surface area contributed by atoms with Gasteiger partial charge in [-0.15, -0.1) is 0 Å². The smallest absolute Gasteiger partial charge is 0.322 e. The van der Waals surface area contributed by atoms with E-state index >= 15 is 0 Å². The van der Waals surface area contributed by atoms with E-state index in [2.05, 4.69) is 10.1 Å². The summed E-state index contributed by atoms with van der Waals surface area (Å²) in [5, 5.41) is 3.10. The predicted molar refractivity (Wildman–Crippen MR) is 37.7 cm³/mol. The summed E-state index contributed by atoms with van der Waals surface area (Å²) in [5.41, 5.74) is 0. The summed E-state index contributed by atoms with van der Waals surface area (Å²) >= 11 is 0. The Bertz CT molecular complexity index is 124. The fraction of sp³-hybridized carbons (Fsp3) is 0.857. The van der Waals surface area contributed by atoms with Crippen molar-refractivity contribution in [1.82, 2.24) is 5.32 Å². The molecule has 1 atom stereocenters. The Hall–Kier alpha value is -0.280. The van der Waals surface area contributed by atoms with Crippen molar-refractivity contribution in [2.24, 2.45) is 0 Å². The summed E-state index contributed by atoms with van der Waals surface area (Å²) in [6.07, 6.45) is 3.23. The number of esters is 1. The van der Waals surface area contributed by atoms with Gasteiger partial charge < -0.3 is 22.5 Å². The Morgan fingerprint density at radius 1 is 1.55 bits per heavy atom. The minimum atomic E-state index is -0.125. The highest BCUT2D eigenvalue weighted by Crippen LogP contribution is 2.07. The van der Waals surface area contributed by atoms with Crippen LogP contribution >= 0.6 is 0 Å². The maximum absolute atomic E-state index is 10.9. The van der Waals surface area contributed by atoms with Gasteiger partial charge in [0.1, 0.15) is 6.04 Å². The number of hydrogen-bond acceptors (Lipinski definition) is 3. The van der Waals surface area contributed by atoms with Gasteiger partial charge in [0, 0.05) is 0 Å². The maximum atomic E-state index is 10.9. The Balaban J connectivity index is 0.000001000. The average molecular weight is 179 g/mol. The minimum Gasteiger partial charge on any atom is -1.00 e. The predicted octanol–water partition coefficient (Wildman–Crippen LogP) is -2.69. The summed E-state index contributed by atoms with van der Waals surface area (Å²) in [6.45, 7) is 0.944. The molecule has 0 aliphatic carbocycles. The molecule has 1 heterocycles. The molecule has 0 radical (unpaired) electrons. The molecule has 66 valence electrons. The number of halogens is 1. The molecule has 0 aromatic carbocycles. The van der Waals surface area contributed by atoms with Gasteiger partial charge in [-0.3, -0.25) is 4.79 Å². The summed E-state index contributed by atoms with van der Waals surface area (Å²) in [5.74, 6) is -0.125. The molecule has 1 rings (SSSR count). The van der Waals surface area contributed by atoms with Crippen molar-refractivity contribution in [1.29, 1.82) is 0 Å². The zero-order chi connectivity index (χ0) is 7.40. The van der Waals surface area contributed by atoms with Crippen molar-refractivity contribution in [3.05, 3.63) is 0 Å². The van der Waals surface area contributed by atoms with Crippen LogP contribution in [0, 0.1) is 0 Å². The third-order valence-electron chi connectivity index (χ3n) is 1.80. The summed E-state index contributed by atoms with van der Waals surface area (Å²) < 4.78 is 4.59. The van der Waals surface area contributed by atoms with E-state index in [9.17, 15) is 4.79 Å². The first-order valence-electron chi connectivity index (χ1n) is 3.66. The van der Waals surface area contributed by atoms with Crippen LogP contribution in [0.5, 0.6) is 0 Å². The molecule has 0 saturated carbocycles. The van der Waals surface area contributed by atoms with Crippen LogP contribution in [0.3, 0.4) is 0 Å². The summed E-state index contributed by atoms with van der Waals surface area (Å²) in [7, 11) is 1.43. The van der Waals surface area contributed by atoms with Gasteiger partial charge in [0.05, 0.1) is 7.11 Å². The van der Waals surface area contributed by atoms with Crippen molar-refractivity contribution in [2.75, 3.05) is 13.7 Å². The van der Waals surface area contributed by atoms with Crippen LogP contribution in [0.25, 0.3) is 0 Å². The lowest BCUT2D eigenvalue weighted by molar-refractivity contribution is -0.143. The van der Waals surface area contributed by atoms with Crippen molar-refractivity contribution in [3.63, 3.8) is 0 Å². The number of piperidine rings is 1. The third kappa shape index (κ3) is 3.08. The van der Waals surface area contributed by atoms with Gasteiger partial charge in [0.2, 0.25) is 0 Å². The van der Waals surface area contributed by atoms with Gasteiger partial charge in [-0.2, -0.15) is 0 Å². The van der Waals surface area contributed by atoms with Crippen LogP contribution < -0.4 is 17.7 Å². The van der Waals surface area contributed by atoms with E-state index < -0.39 is 0 Å². The number of carbonyl (C=O) groups excluding carboxylic acids is 1. The van der Waals surface area contributed by atoms with Gasteiger partial charge in [-0.1, -0.05) is 6.42 Å². The van der Waals surface area contributed by atoms with E-state index in [0.717, 1.165) is 19.4 Å². The molecule has 1 saturated heterocycles.